The lowest BCUT2D eigenvalue weighted by Gasteiger charge is -2.26. The SMILES string of the molecule is CN(CCS)CC1CC2CCC1C2. The Morgan fingerprint density at radius 2 is 2.15 bits per heavy atom. The van der Waals surface area contributed by atoms with E-state index in [0.717, 1.165) is 30.1 Å². The van der Waals surface area contributed by atoms with Crippen LogP contribution in [0.3, 0.4) is 0 Å². The second-order valence-electron chi connectivity index (χ2n) is 4.92. The number of hydrogen-bond acceptors (Lipinski definition) is 2. The minimum Gasteiger partial charge on any atom is -0.305 e. The zero-order valence-corrected chi connectivity index (χ0v) is 9.47. The second kappa shape index (κ2) is 4.22. The van der Waals surface area contributed by atoms with Gasteiger partial charge in [0, 0.05) is 18.8 Å². The largest absolute Gasteiger partial charge is 0.305 e. The molecule has 1 nitrogen and oxygen atoms in total. The van der Waals surface area contributed by atoms with E-state index in [9.17, 15) is 0 Å². The summed E-state index contributed by atoms with van der Waals surface area (Å²) in [4.78, 5) is 2.46. The Kier molecular flexibility index (Phi) is 3.20. The summed E-state index contributed by atoms with van der Waals surface area (Å²) in [6, 6.07) is 0. The average Bonchev–Trinajstić information content (AvgIpc) is 2.65. The van der Waals surface area contributed by atoms with Crippen LogP contribution < -0.4 is 0 Å². The predicted molar refractivity (Wildman–Crippen MR) is 60.3 cm³/mol. The number of hydrogen-bond donors (Lipinski definition) is 1. The van der Waals surface area contributed by atoms with Crippen molar-refractivity contribution >= 4 is 12.6 Å². The van der Waals surface area contributed by atoms with Gasteiger partial charge in [-0.3, -0.25) is 0 Å². The summed E-state index contributed by atoms with van der Waals surface area (Å²) in [5.74, 6) is 4.19. The van der Waals surface area contributed by atoms with E-state index in [1.165, 1.54) is 25.8 Å². The van der Waals surface area contributed by atoms with Gasteiger partial charge in [0.2, 0.25) is 0 Å². The maximum Gasteiger partial charge on any atom is 0.00669 e. The fourth-order valence-corrected chi connectivity index (χ4v) is 3.60. The van der Waals surface area contributed by atoms with E-state index >= 15 is 0 Å². The molecule has 2 bridgehead atoms. The minimum absolute atomic E-state index is 0.997. The lowest BCUT2D eigenvalue weighted by atomic mass is 9.88. The molecule has 0 aliphatic heterocycles. The Morgan fingerprint density at radius 1 is 1.31 bits per heavy atom. The third-order valence-corrected chi connectivity index (χ3v) is 4.11. The molecule has 2 aliphatic carbocycles. The van der Waals surface area contributed by atoms with Crippen LogP contribution in [0.25, 0.3) is 0 Å². The first-order chi connectivity index (χ1) is 6.29. The Hall–Kier alpha value is 0.310. The van der Waals surface area contributed by atoms with E-state index in [0.29, 0.717) is 0 Å². The first-order valence-electron chi connectivity index (χ1n) is 5.59. The molecule has 2 saturated carbocycles. The molecule has 0 spiro atoms. The van der Waals surface area contributed by atoms with Gasteiger partial charge in [-0.25, -0.2) is 0 Å². The Labute approximate surface area is 87.3 Å². The summed E-state index contributed by atoms with van der Waals surface area (Å²) in [6.45, 7) is 2.47. The predicted octanol–water partition coefficient (Wildman–Crippen LogP) is 2.28. The van der Waals surface area contributed by atoms with Crippen molar-refractivity contribution in [3.05, 3.63) is 0 Å². The maximum absolute atomic E-state index is 4.27. The molecule has 3 atom stereocenters. The zero-order chi connectivity index (χ0) is 9.26. The van der Waals surface area contributed by atoms with Crippen LogP contribution >= 0.6 is 12.6 Å². The van der Waals surface area contributed by atoms with E-state index in [1.807, 2.05) is 0 Å². The molecule has 13 heavy (non-hydrogen) atoms. The van der Waals surface area contributed by atoms with Crippen molar-refractivity contribution in [1.82, 2.24) is 4.90 Å². The van der Waals surface area contributed by atoms with Crippen LogP contribution in [0.15, 0.2) is 0 Å². The summed E-state index contributed by atoms with van der Waals surface area (Å²) in [6.07, 6.45) is 6.10. The van der Waals surface area contributed by atoms with Gasteiger partial charge in [0.1, 0.15) is 0 Å². The average molecular weight is 199 g/mol. The van der Waals surface area contributed by atoms with Gasteiger partial charge < -0.3 is 4.90 Å². The van der Waals surface area contributed by atoms with E-state index in [2.05, 4.69) is 24.6 Å². The lowest BCUT2D eigenvalue weighted by molar-refractivity contribution is 0.228. The van der Waals surface area contributed by atoms with Crippen molar-refractivity contribution in [2.75, 3.05) is 25.9 Å². The highest BCUT2D eigenvalue weighted by molar-refractivity contribution is 7.80. The van der Waals surface area contributed by atoms with Gasteiger partial charge in [0.05, 0.1) is 0 Å². The molecule has 0 radical (unpaired) electrons. The Bertz CT molecular complexity index is 171. The molecule has 0 aromatic heterocycles. The quantitative estimate of drug-likeness (QED) is 0.680. The van der Waals surface area contributed by atoms with Crippen LogP contribution in [0.2, 0.25) is 0 Å². The van der Waals surface area contributed by atoms with E-state index < -0.39 is 0 Å². The number of fused-ring (bicyclic) bond motifs is 2. The molecule has 2 aliphatic rings. The molecule has 0 aromatic rings. The van der Waals surface area contributed by atoms with E-state index in [1.54, 1.807) is 6.42 Å². The molecular formula is C11H21NS. The smallest absolute Gasteiger partial charge is 0.00669 e. The van der Waals surface area contributed by atoms with Gasteiger partial charge in [0.25, 0.3) is 0 Å². The van der Waals surface area contributed by atoms with Crippen LogP contribution in [0.5, 0.6) is 0 Å². The van der Waals surface area contributed by atoms with Gasteiger partial charge in [0.15, 0.2) is 0 Å². The number of thiol groups is 1. The summed E-state index contributed by atoms with van der Waals surface area (Å²) in [5, 5.41) is 0. The van der Waals surface area contributed by atoms with Crippen molar-refractivity contribution in [2.45, 2.75) is 25.7 Å². The normalized spacial score (nSPS) is 37.6. The summed E-state index contributed by atoms with van der Waals surface area (Å²) in [7, 11) is 2.24. The van der Waals surface area contributed by atoms with Crippen LogP contribution in [-0.2, 0) is 0 Å². The standard InChI is InChI=1S/C11H21NS/c1-12(4-5-13)8-11-7-9-2-3-10(11)6-9/h9-11,13H,2-8H2,1H3. The summed E-state index contributed by atoms with van der Waals surface area (Å²) < 4.78 is 0. The summed E-state index contributed by atoms with van der Waals surface area (Å²) in [5.41, 5.74) is 0. The van der Waals surface area contributed by atoms with Crippen molar-refractivity contribution in [3.8, 4) is 0 Å². The molecule has 0 amide bonds. The molecule has 0 N–H and O–H groups in total. The Morgan fingerprint density at radius 3 is 2.69 bits per heavy atom. The molecule has 2 rings (SSSR count). The highest BCUT2D eigenvalue weighted by Gasteiger charge is 2.39. The number of nitrogens with zero attached hydrogens (tertiary/aromatic N) is 1. The van der Waals surface area contributed by atoms with Gasteiger partial charge in [-0.2, -0.15) is 12.6 Å². The third kappa shape index (κ3) is 2.21. The molecule has 0 aromatic carbocycles. The minimum atomic E-state index is 0.997. The van der Waals surface area contributed by atoms with Crippen molar-refractivity contribution in [2.24, 2.45) is 17.8 Å². The van der Waals surface area contributed by atoms with Crippen molar-refractivity contribution in [1.29, 1.82) is 0 Å². The highest BCUT2D eigenvalue weighted by Crippen LogP contribution is 2.48. The van der Waals surface area contributed by atoms with E-state index in [-0.39, 0.29) is 0 Å². The molecule has 2 fully saturated rings. The van der Waals surface area contributed by atoms with E-state index in [4.69, 9.17) is 0 Å². The first kappa shape index (κ1) is 9.85. The van der Waals surface area contributed by atoms with Crippen molar-refractivity contribution < 1.29 is 0 Å². The second-order valence-corrected chi connectivity index (χ2v) is 5.37. The lowest BCUT2D eigenvalue weighted by Crippen LogP contribution is -2.30. The van der Waals surface area contributed by atoms with Gasteiger partial charge in [-0.15, -0.1) is 0 Å². The highest BCUT2D eigenvalue weighted by atomic mass is 32.1. The zero-order valence-electron chi connectivity index (χ0n) is 8.58. The molecule has 76 valence electrons. The molecule has 0 saturated heterocycles. The molecule has 2 heteroatoms. The van der Waals surface area contributed by atoms with Crippen LogP contribution in [0, 0.1) is 17.8 Å². The van der Waals surface area contributed by atoms with Gasteiger partial charge >= 0.3 is 0 Å². The fraction of sp³-hybridized carbons (Fsp3) is 1.00. The van der Waals surface area contributed by atoms with Crippen molar-refractivity contribution in [3.63, 3.8) is 0 Å². The van der Waals surface area contributed by atoms with Crippen LogP contribution in [-0.4, -0.2) is 30.8 Å². The van der Waals surface area contributed by atoms with Gasteiger partial charge in [-0.1, -0.05) is 6.42 Å². The van der Waals surface area contributed by atoms with Gasteiger partial charge in [-0.05, 0) is 44.1 Å². The molecule has 3 unspecified atom stereocenters. The molecular weight excluding hydrogens is 178 g/mol. The fourth-order valence-electron chi connectivity index (χ4n) is 3.26. The molecule has 0 heterocycles. The third-order valence-electron chi connectivity index (χ3n) is 3.91. The Balaban J connectivity index is 1.76. The topological polar surface area (TPSA) is 3.24 Å². The number of rotatable bonds is 4. The summed E-state index contributed by atoms with van der Waals surface area (Å²) >= 11 is 4.27. The first-order valence-corrected chi connectivity index (χ1v) is 6.22. The van der Waals surface area contributed by atoms with Crippen LogP contribution in [0.4, 0.5) is 0 Å². The van der Waals surface area contributed by atoms with Crippen LogP contribution in [0.1, 0.15) is 25.7 Å². The maximum atomic E-state index is 4.27. The monoisotopic (exact) mass is 199 g/mol.